The van der Waals surface area contributed by atoms with E-state index in [4.69, 9.17) is 18.9 Å². The molecule has 30 heavy (non-hydrogen) atoms. The van der Waals surface area contributed by atoms with Crippen molar-refractivity contribution in [3.63, 3.8) is 0 Å². The molecule has 1 saturated carbocycles. The zero-order valence-electron chi connectivity index (χ0n) is 18.1. The van der Waals surface area contributed by atoms with Crippen molar-refractivity contribution in [1.82, 2.24) is 5.32 Å². The summed E-state index contributed by atoms with van der Waals surface area (Å²) in [6.45, 7) is 4.72. The highest BCUT2D eigenvalue weighted by Gasteiger charge is 2.26. The fourth-order valence-corrected chi connectivity index (χ4v) is 3.49. The fraction of sp³-hybridized carbons (Fsp3) is 0.667. The third-order valence-electron chi connectivity index (χ3n) is 4.97. The highest BCUT2D eigenvalue weighted by atomic mass is 16.6. The molecule has 0 aromatic heterocycles. The number of esters is 1. The van der Waals surface area contributed by atoms with Crippen LogP contribution in [0.15, 0.2) is 12.1 Å². The van der Waals surface area contributed by atoms with Crippen molar-refractivity contribution in [2.45, 2.75) is 58.1 Å². The molecule has 0 amide bonds. The SMILES string of the molecule is COc1cc([N+](=O)[O-])cc(OC)c1OCCN[C@@H](CC(C)C)C(=O)OC1CCCC1. The van der Waals surface area contributed by atoms with Crippen molar-refractivity contribution in [2.75, 3.05) is 27.4 Å². The van der Waals surface area contributed by atoms with Gasteiger partial charge in [-0.25, -0.2) is 0 Å². The van der Waals surface area contributed by atoms with Crippen LogP contribution in [0.1, 0.15) is 46.0 Å². The Kier molecular flexibility index (Phi) is 9.16. The number of rotatable bonds is 12. The molecule has 1 aromatic rings. The maximum atomic E-state index is 12.6. The first-order chi connectivity index (χ1) is 14.3. The highest BCUT2D eigenvalue weighted by molar-refractivity contribution is 5.76. The molecule has 0 aliphatic heterocycles. The molecular weight excluding hydrogens is 392 g/mol. The van der Waals surface area contributed by atoms with E-state index in [-0.39, 0.29) is 41.6 Å². The summed E-state index contributed by atoms with van der Waals surface area (Å²) in [4.78, 5) is 23.1. The number of hydrogen-bond donors (Lipinski definition) is 1. The number of nitro benzene ring substituents is 1. The first-order valence-corrected chi connectivity index (χ1v) is 10.3. The number of ether oxygens (including phenoxy) is 4. The summed E-state index contributed by atoms with van der Waals surface area (Å²) >= 11 is 0. The number of nitrogens with one attached hydrogen (secondary N) is 1. The van der Waals surface area contributed by atoms with Crippen LogP contribution in [0, 0.1) is 16.0 Å². The molecule has 0 radical (unpaired) electrons. The average Bonchev–Trinajstić information content (AvgIpc) is 3.22. The van der Waals surface area contributed by atoms with Crippen LogP contribution in [0.2, 0.25) is 0 Å². The van der Waals surface area contributed by atoms with Crippen molar-refractivity contribution < 1.29 is 28.7 Å². The number of carbonyl (C=O) groups is 1. The zero-order valence-corrected chi connectivity index (χ0v) is 18.1. The Morgan fingerprint density at radius 3 is 2.30 bits per heavy atom. The molecule has 1 aromatic carbocycles. The van der Waals surface area contributed by atoms with E-state index in [1.807, 2.05) is 0 Å². The lowest BCUT2D eigenvalue weighted by Gasteiger charge is -2.22. The molecular formula is C21H32N2O7. The Bertz CT molecular complexity index is 692. The van der Waals surface area contributed by atoms with Gasteiger partial charge in [-0.05, 0) is 38.0 Å². The number of nitro groups is 1. The monoisotopic (exact) mass is 424 g/mol. The predicted octanol–water partition coefficient (Wildman–Crippen LogP) is 3.48. The Labute approximate surface area is 177 Å². The van der Waals surface area contributed by atoms with Gasteiger partial charge in [0.25, 0.3) is 5.69 Å². The summed E-state index contributed by atoms with van der Waals surface area (Å²) in [7, 11) is 2.81. The lowest BCUT2D eigenvalue weighted by molar-refractivity contribution is -0.385. The van der Waals surface area contributed by atoms with Gasteiger partial charge in [0.1, 0.15) is 18.8 Å². The van der Waals surface area contributed by atoms with E-state index in [2.05, 4.69) is 19.2 Å². The van der Waals surface area contributed by atoms with E-state index in [9.17, 15) is 14.9 Å². The second-order valence-corrected chi connectivity index (χ2v) is 7.76. The van der Waals surface area contributed by atoms with Gasteiger partial charge >= 0.3 is 5.97 Å². The Balaban J connectivity index is 1.96. The Hall–Kier alpha value is -2.55. The second-order valence-electron chi connectivity index (χ2n) is 7.76. The van der Waals surface area contributed by atoms with Gasteiger partial charge in [0.2, 0.25) is 5.75 Å². The van der Waals surface area contributed by atoms with Crippen molar-refractivity contribution in [3.8, 4) is 17.2 Å². The van der Waals surface area contributed by atoms with Crippen LogP contribution < -0.4 is 19.5 Å². The van der Waals surface area contributed by atoms with Crippen LogP contribution in [0.25, 0.3) is 0 Å². The quantitative estimate of drug-likeness (QED) is 0.235. The molecule has 0 unspecified atom stereocenters. The first kappa shape index (κ1) is 23.7. The minimum absolute atomic E-state index is 0.0267. The number of methoxy groups -OCH3 is 2. The third-order valence-corrected chi connectivity index (χ3v) is 4.97. The molecule has 168 valence electrons. The number of nitrogens with zero attached hydrogens (tertiary/aromatic N) is 1. The molecule has 9 nitrogen and oxygen atoms in total. The van der Waals surface area contributed by atoms with Crippen LogP contribution in [0.4, 0.5) is 5.69 Å². The lowest BCUT2D eigenvalue weighted by Crippen LogP contribution is -2.42. The molecule has 0 bridgehead atoms. The number of benzene rings is 1. The molecule has 1 N–H and O–H groups in total. The van der Waals surface area contributed by atoms with Crippen molar-refractivity contribution in [1.29, 1.82) is 0 Å². The topological polar surface area (TPSA) is 109 Å². The standard InChI is InChI=1S/C21H32N2O7/c1-14(2)11-17(21(24)30-16-7-5-6-8-16)22-9-10-29-20-18(27-3)12-15(23(25)26)13-19(20)28-4/h12-14,16-17,22H,5-11H2,1-4H3/t17-/m0/s1. The average molecular weight is 424 g/mol. The van der Waals surface area contributed by atoms with Gasteiger partial charge in [0.05, 0.1) is 31.3 Å². The van der Waals surface area contributed by atoms with Gasteiger partial charge in [-0.15, -0.1) is 0 Å². The van der Waals surface area contributed by atoms with Crippen LogP contribution in [-0.4, -0.2) is 50.4 Å². The largest absolute Gasteiger partial charge is 0.492 e. The maximum Gasteiger partial charge on any atom is 0.323 e. The highest BCUT2D eigenvalue weighted by Crippen LogP contribution is 2.40. The van der Waals surface area contributed by atoms with E-state index in [1.165, 1.54) is 26.4 Å². The van der Waals surface area contributed by atoms with E-state index in [0.717, 1.165) is 25.7 Å². The van der Waals surface area contributed by atoms with E-state index < -0.39 is 11.0 Å². The van der Waals surface area contributed by atoms with Gasteiger partial charge in [0, 0.05) is 6.54 Å². The molecule has 9 heteroatoms. The van der Waals surface area contributed by atoms with Crippen LogP contribution in [0.5, 0.6) is 17.2 Å². The predicted molar refractivity (Wildman–Crippen MR) is 111 cm³/mol. The van der Waals surface area contributed by atoms with Crippen molar-refractivity contribution >= 4 is 11.7 Å². The van der Waals surface area contributed by atoms with Crippen LogP contribution >= 0.6 is 0 Å². The van der Waals surface area contributed by atoms with Gasteiger partial charge < -0.3 is 24.3 Å². The summed E-state index contributed by atoms with van der Waals surface area (Å²) in [6, 6.07) is 2.16. The smallest absolute Gasteiger partial charge is 0.323 e. The molecule has 2 rings (SSSR count). The van der Waals surface area contributed by atoms with Crippen LogP contribution in [0.3, 0.4) is 0 Å². The summed E-state index contributed by atoms with van der Waals surface area (Å²) in [5.41, 5.74) is -0.152. The zero-order chi connectivity index (χ0) is 22.1. The molecule has 0 saturated heterocycles. The van der Waals surface area contributed by atoms with Gasteiger partial charge in [-0.1, -0.05) is 13.8 Å². The van der Waals surface area contributed by atoms with Gasteiger partial charge in [0.15, 0.2) is 11.5 Å². The molecule has 1 aliphatic rings. The van der Waals surface area contributed by atoms with Gasteiger partial charge in [-0.2, -0.15) is 0 Å². The third kappa shape index (κ3) is 6.76. The van der Waals surface area contributed by atoms with E-state index in [0.29, 0.717) is 18.9 Å². The number of non-ortho nitro benzene ring substituents is 1. The first-order valence-electron chi connectivity index (χ1n) is 10.3. The summed E-state index contributed by atoms with van der Waals surface area (Å²) in [6.07, 6.45) is 4.76. The van der Waals surface area contributed by atoms with Crippen molar-refractivity contribution in [2.24, 2.45) is 5.92 Å². The minimum Gasteiger partial charge on any atom is -0.492 e. The van der Waals surface area contributed by atoms with E-state index in [1.54, 1.807) is 0 Å². The maximum absolute atomic E-state index is 12.6. The Morgan fingerprint density at radius 1 is 1.20 bits per heavy atom. The lowest BCUT2D eigenvalue weighted by atomic mass is 10.0. The summed E-state index contributed by atoms with van der Waals surface area (Å²) < 4.78 is 21.9. The minimum atomic E-state index is -0.525. The second kappa shape index (κ2) is 11.6. The molecule has 0 heterocycles. The summed E-state index contributed by atoms with van der Waals surface area (Å²) in [5.74, 6) is 0.803. The van der Waals surface area contributed by atoms with Crippen molar-refractivity contribution in [3.05, 3.63) is 22.2 Å². The van der Waals surface area contributed by atoms with E-state index >= 15 is 0 Å². The number of carbonyl (C=O) groups excluding carboxylic acids is 1. The summed E-state index contributed by atoms with van der Waals surface area (Å²) in [5, 5.41) is 14.3. The Morgan fingerprint density at radius 2 is 1.80 bits per heavy atom. The normalized spacial score (nSPS) is 15.1. The molecule has 1 atom stereocenters. The molecule has 0 spiro atoms. The molecule has 1 fully saturated rings. The molecule has 1 aliphatic carbocycles. The fourth-order valence-electron chi connectivity index (χ4n) is 3.49. The van der Waals surface area contributed by atoms with Crippen LogP contribution in [-0.2, 0) is 9.53 Å². The van der Waals surface area contributed by atoms with Gasteiger partial charge in [-0.3, -0.25) is 14.9 Å². The number of hydrogen-bond acceptors (Lipinski definition) is 8.